The van der Waals surface area contributed by atoms with Crippen LogP contribution in [0.2, 0.25) is 0 Å². The lowest BCUT2D eigenvalue weighted by Gasteiger charge is -2.11. The van der Waals surface area contributed by atoms with E-state index in [-0.39, 0.29) is 28.4 Å². The minimum atomic E-state index is -3.91. The maximum Gasteiger partial charge on any atom is 0.264 e. The van der Waals surface area contributed by atoms with Crippen LogP contribution in [0.3, 0.4) is 0 Å². The molecule has 1 aliphatic rings. The fraction of sp³-hybridized carbons (Fsp3) is 0.500. The van der Waals surface area contributed by atoms with Gasteiger partial charge in [-0.2, -0.15) is 0 Å². The van der Waals surface area contributed by atoms with E-state index in [0.717, 1.165) is 12.8 Å². The molecule has 1 saturated carbocycles. The number of amides is 1. The van der Waals surface area contributed by atoms with Crippen molar-refractivity contribution < 1.29 is 17.9 Å². The van der Waals surface area contributed by atoms with E-state index in [1.807, 2.05) is 0 Å². The number of carbonyl (C=O) groups excluding carboxylic acids is 1. The number of ether oxygens (including phenoxy) is 1. The second kappa shape index (κ2) is 5.85. The Morgan fingerprint density at radius 3 is 2.62 bits per heavy atom. The quantitative estimate of drug-likeness (QED) is 0.810. The molecule has 1 aliphatic carbocycles. The van der Waals surface area contributed by atoms with E-state index in [4.69, 9.17) is 15.4 Å². The summed E-state index contributed by atoms with van der Waals surface area (Å²) in [5.41, 5.74) is 0.814. The van der Waals surface area contributed by atoms with E-state index >= 15 is 0 Å². The average molecular weight is 332 g/mol. The minimum absolute atomic E-state index is 0.111. The third-order valence-corrected chi connectivity index (χ3v) is 5.01. The number of hydrogen-bond donors (Lipinski definition) is 1. The number of nitrogens with one attached hydrogen (secondary N) is 1. The van der Waals surface area contributed by atoms with Crippen molar-refractivity contribution in [1.82, 2.24) is 5.32 Å². The van der Waals surface area contributed by atoms with Gasteiger partial charge in [0.1, 0.15) is 10.6 Å². The summed E-state index contributed by atoms with van der Waals surface area (Å²) in [5, 5.41) is 2.87. The van der Waals surface area contributed by atoms with Gasteiger partial charge < -0.3 is 10.1 Å². The van der Waals surface area contributed by atoms with Crippen molar-refractivity contribution in [2.24, 2.45) is 5.41 Å². The van der Waals surface area contributed by atoms with Crippen molar-refractivity contribution in [1.29, 1.82) is 0 Å². The standard InChI is InChI=1S/C14H18ClNO4S/c1-14(5-6-14)9-16-13(17)8-10-3-4-11(20-2)12(7-10)21(15,18)19/h3-4,7H,5-6,8-9H2,1-2H3,(H,16,17). The van der Waals surface area contributed by atoms with Crippen LogP contribution in [0.25, 0.3) is 0 Å². The van der Waals surface area contributed by atoms with E-state index in [1.54, 1.807) is 6.07 Å². The zero-order valence-electron chi connectivity index (χ0n) is 12.0. The van der Waals surface area contributed by atoms with Crippen molar-refractivity contribution >= 4 is 25.6 Å². The molecule has 0 heterocycles. The summed E-state index contributed by atoms with van der Waals surface area (Å²) in [4.78, 5) is 11.8. The fourth-order valence-corrected chi connectivity index (χ4v) is 3.02. The summed E-state index contributed by atoms with van der Waals surface area (Å²) in [7, 11) is 2.82. The first-order chi connectivity index (χ1) is 9.73. The number of halogens is 1. The lowest BCUT2D eigenvalue weighted by molar-refractivity contribution is -0.120. The molecule has 0 bridgehead atoms. The van der Waals surface area contributed by atoms with Gasteiger partial charge in [0.05, 0.1) is 13.5 Å². The van der Waals surface area contributed by atoms with E-state index in [9.17, 15) is 13.2 Å². The number of rotatable bonds is 6. The summed E-state index contributed by atoms with van der Waals surface area (Å²) < 4.78 is 28.0. The predicted octanol–water partition coefficient (Wildman–Crippen LogP) is 2.08. The molecule has 1 aromatic rings. The topological polar surface area (TPSA) is 72.5 Å². The van der Waals surface area contributed by atoms with E-state index in [2.05, 4.69) is 12.2 Å². The van der Waals surface area contributed by atoms with Gasteiger partial charge in [-0.1, -0.05) is 13.0 Å². The Balaban J connectivity index is 2.08. The molecule has 1 N–H and O–H groups in total. The van der Waals surface area contributed by atoms with Gasteiger partial charge >= 0.3 is 0 Å². The molecule has 7 heteroatoms. The van der Waals surface area contributed by atoms with Crippen LogP contribution in [0.5, 0.6) is 5.75 Å². The molecule has 0 radical (unpaired) electrons. The Morgan fingerprint density at radius 1 is 1.43 bits per heavy atom. The third-order valence-electron chi connectivity index (χ3n) is 3.67. The van der Waals surface area contributed by atoms with Gasteiger partial charge in [0.15, 0.2) is 0 Å². The molecule has 5 nitrogen and oxygen atoms in total. The van der Waals surface area contributed by atoms with Crippen molar-refractivity contribution in [3.63, 3.8) is 0 Å². The van der Waals surface area contributed by atoms with Gasteiger partial charge in [0.25, 0.3) is 9.05 Å². The molecule has 1 amide bonds. The lowest BCUT2D eigenvalue weighted by atomic mass is 10.1. The van der Waals surface area contributed by atoms with Crippen LogP contribution in [-0.4, -0.2) is 28.0 Å². The number of benzene rings is 1. The Bertz CT molecular complexity index is 653. The Kier molecular flexibility index (Phi) is 4.49. The highest BCUT2D eigenvalue weighted by Gasteiger charge is 2.37. The molecule has 0 spiro atoms. The summed E-state index contributed by atoms with van der Waals surface area (Å²) >= 11 is 0. The van der Waals surface area contributed by atoms with Crippen LogP contribution >= 0.6 is 10.7 Å². The minimum Gasteiger partial charge on any atom is -0.495 e. The van der Waals surface area contributed by atoms with Crippen molar-refractivity contribution in [3.05, 3.63) is 23.8 Å². The summed E-state index contributed by atoms with van der Waals surface area (Å²) in [6.07, 6.45) is 2.37. The highest BCUT2D eigenvalue weighted by molar-refractivity contribution is 8.13. The molecular formula is C14H18ClNO4S. The van der Waals surface area contributed by atoms with Gasteiger partial charge in [-0.3, -0.25) is 4.79 Å². The molecular weight excluding hydrogens is 314 g/mol. The highest BCUT2D eigenvalue weighted by Crippen LogP contribution is 2.44. The maximum atomic E-state index is 11.9. The van der Waals surface area contributed by atoms with Gasteiger partial charge in [-0.15, -0.1) is 0 Å². The van der Waals surface area contributed by atoms with Crippen LogP contribution in [0, 0.1) is 5.41 Å². The second-order valence-electron chi connectivity index (χ2n) is 5.69. The molecule has 0 aliphatic heterocycles. The first-order valence-electron chi connectivity index (χ1n) is 6.62. The molecule has 0 atom stereocenters. The Morgan fingerprint density at radius 2 is 2.10 bits per heavy atom. The highest BCUT2D eigenvalue weighted by atomic mass is 35.7. The van der Waals surface area contributed by atoms with Crippen LogP contribution in [-0.2, 0) is 20.3 Å². The van der Waals surface area contributed by atoms with Gasteiger partial charge in [0, 0.05) is 17.2 Å². The lowest BCUT2D eigenvalue weighted by Crippen LogP contribution is -2.30. The molecule has 0 aromatic heterocycles. The molecule has 1 fully saturated rings. The number of hydrogen-bond acceptors (Lipinski definition) is 4. The second-order valence-corrected chi connectivity index (χ2v) is 8.22. The van der Waals surface area contributed by atoms with Crippen LogP contribution < -0.4 is 10.1 Å². The smallest absolute Gasteiger partial charge is 0.264 e. The van der Waals surface area contributed by atoms with Crippen LogP contribution in [0.15, 0.2) is 23.1 Å². The molecule has 0 unspecified atom stereocenters. The third kappa shape index (κ3) is 4.35. The SMILES string of the molecule is COc1ccc(CC(=O)NCC2(C)CC2)cc1S(=O)(=O)Cl. The summed E-state index contributed by atoms with van der Waals surface area (Å²) in [6.45, 7) is 2.78. The van der Waals surface area contributed by atoms with Crippen LogP contribution in [0.1, 0.15) is 25.3 Å². The van der Waals surface area contributed by atoms with Crippen molar-refractivity contribution in [2.75, 3.05) is 13.7 Å². The van der Waals surface area contributed by atoms with Crippen LogP contribution in [0.4, 0.5) is 0 Å². The van der Waals surface area contributed by atoms with Crippen molar-refractivity contribution in [2.45, 2.75) is 31.1 Å². The van der Waals surface area contributed by atoms with E-state index in [1.165, 1.54) is 19.2 Å². The Labute approximate surface area is 129 Å². The van der Waals surface area contributed by atoms with E-state index < -0.39 is 9.05 Å². The maximum absolute atomic E-state index is 11.9. The number of methoxy groups -OCH3 is 1. The zero-order valence-corrected chi connectivity index (χ0v) is 13.6. The molecule has 116 valence electrons. The Hall–Kier alpha value is -1.27. The van der Waals surface area contributed by atoms with Gasteiger partial charge in [0.2, 0.25) is 5.91 Å². The molecule has 21 heavy (non-hydrogen) atoms. The fourth-order valence-electron chi connectivity index (χ4n) is 1.97. The van der Waals surface area contributed by atoms with Gasteiger partial charge in [-0.05, 0) is 36.0 Å². The predicted molar refractivity (Wildman–Crippen MR) is 80.1 cm³/mol. The molecule has 2 rings (SSSR count). The van der Waals surface area contributed by atoms with E-state index in [0.29, 0.717) is 12.1 Å². The van der Waals surface area contributed by atoms with Gasteiger partial charge in [-0.25, -0.2) is 8.42 Å². The molecule has 0 saturated heterocycles. The normalized spacial score (nSPS) is 16.3. The monoisotopic (exact) mass is 331 g/mol. The molecule has 1 aromatic carbocycles. The largest absolute Gasteiger partial charge is 0.495 e. The summed E-state index contributed by atoms with van der Waals surface area (Å²) in [5.74, 6) is 0.0332. The number of carbonyl (C=O) groups is 1. The zero-order chi connectivity index (χ0) is 15.7. The average Bonchev–Trinajstić information content (AvgIpc) is 3.14. The first-order valence-corrected chi connectivity index (χ1v) is 8.93. The first kappa shape index (κ1) is 16.1. The summed E-state index contributed by atoms with van der Waals surface area (Å²) in [6, 6.07) is 4.53. The van der Waals surface area contributed by atoms with Crippen molar-refractivity contribution in [3.8, 4) is 5.75 Å².